The summed E-state index contributed by atoms with van der Waals surface area (Å²) in [5.74, 6) is 1.03. The molecule has 0 radical (unpaired) electrons. The lowest BCUT2D eigenvalue weighted by atomic mass is 10.1. The summed E-state index contributed by atoms with van der Waals surface area (Å²) in [4.78, 5) is 14.0. The maximum Gasteiger partial charge on any atom is 0.239 e. The molecule has 1 fully saturated rings. The maximum absolute atomic E-state index is 12.1. The van der Waals surface area contributed by atoms with Crippen LogP contribution in [0, 0.1) is 0 Å². The first-order chi connectivity index (χ1) is 6.53. The van der Waals surface area contributed by atoms with Crippen molar-refractivity contribution in [3.8, 4) is 0 Å². The van der Waals surface area contributed by atoms with Crippen LogP contribution < -0.4 is 0 Å². The molecule has 1 amide bonds. The van der Waals surface area contributed by atoms with Gasteiger partial charge in [0, 0.05) is 18.8 Å². The van der Waals surface area contributed by atoms with E-state index in [1.807, 2.05) is 25.7 Å². The fourth-order valence-corrected chi connectivity index (χ4v) is 4.60. The van der Waals surface area contributed by atoms with Crippen molar-refractivity contribution in [1.82, 2.24) is 4.90 Å². The Bertz CT molecular complexity index is 252. The predicted octanol–water partition coefficient (Wildman–Crippen LogP) is 2.38. The van der Waals surface area contributed by atoms with E-state index < -0.39 is 0 Å². The van der Waals surface area contributed by atoms with Crippen LogP contribution in [0.1, 0.15) is 20.8 Å². The highest BCUT2D eigenvalue weighted by Gasteiger charge is 2.42. The van der Waals surface area contributed by atoms with Gasteiger partial charge < -0.3 is 4.90 Å². The van der Waals surface area contributed by atoms with Gasteiger partial charge in [0.1, 0.15) is 8.28 Å². The molecule has 1 rings (SSSR count). The molecule has 5 heteroatoms. The van der Waals surface area contributed by atoms with Crippen molar-refractivity contribution in [3.05, 3.63) is 0 Å². The van der Waals surface area contributed by atoms with Crippen LogP contribution in [0.15, 0.2) is 0 Å². The zero-order valence-corrected chi connectivity index (χ0v) is 11.2. The van der Waals surface area contributed by atoms with Crippen molar-refractivity contribution in [2.45, 2.75) is 25.5 Å². The molecule has 1 heterocycles. The molecule has 2 nitrogen and oxygen atoms in total. The predicted molar refractivity (Wildman–Crippen MR) is 69.0 cm³/mol. The quantitative estimate of drug-likeness (QED) is 0.715. The van der Waals surface area contributed by atoms with Gasteiger partial charge in [-0.25, -0.2) is 0 Å². The first-order valence-electron chi connectivity index (χ1n) is 4.68. The van der Waals surface area contributed by atoms with Crippen molar-refractivity contribution in [2.75, 3.05) is 18.8 Å². The summed E-state index contributed by atoms with van der Waals surface area (Å²) in [6, 6.07) is 0. The SMILES string of the molecule is CCN(CC)C(=O)C1(C)CSC(=S)S1. The van der Waals surface area contributed by atoms with Crippen LogP contribution in [0.2, 0.25) is 0 Å². The number of thioether (sulfide) groups is 2. The molecule has 1 aliphatic heterocycles. The molecule has 1 aliphatic rings. The zero-order chi connectivity index (χ0) is 10.8. The fourth-order valence-electron chi connectivity index (χ4n) is 1.39. The summed E-state index contributed by atoms with van der Waals surface area (Å²) in [5, 5.41) is 0. The Balaban J connectivity index is 2.72. The number of carbonyl (C=O) groups excluding carboxylic acids is 1. The number of rotatable bonds is 3. The maximum atomic E-state index is 12.1. The Kier molecular flexibility index (Phi) is 4.28. The van der Waals surface area contributed by atoms with E-state index in [0.29, 0.717) is 0 Å². The smallest absolute Gasteiger partial charge is 0.239 e. The minimum Gasteiger partial charge on any atom is -0.342 e. The van der Waals surface area contributed by atoms with Gasteiger partial charge in [-0.15, -0.1) is 11.8 Å². The molecule has 80 valence electrons. The van der Waals surface area contributed by atoms with Gasteiger partial charge in [-0.1, -0.05) is 24.0 Å². The van der Waals surface area contributed by atoms with Crippen molar-refractivity contribution in [1.29, 1.82) is 0 Å². The Morgan fingerprint density at radius 3 is 2.50 bits per heavy atom. The van der Waals surface area contributed by atoms with Crippen molar-refractivity contribution >= 4 is 45.2 Å². The van der Waals surface area contributed by atoms with Crippen LogP contribution >= 0.6 is 35.7 Å². The minimum absolute atomic E-state index is 0.222. The van der Waals surface area contributed by atoms with Crippen LogP contribution in [0.25, 0.3) is 0 Å². The van der Waals surface area contributed by atoms with E-state index in [4.69, 9.17) is 12.2 Å². The standard InChI is InChI=1S/C9H15NOS3/c1-4-10(5-2)7(11)9(3)6-13-8(12)14-9/h4-6H2,1-3H3. The third-order valence-electron chi connectivity index (χ3n) is 2.28. The topological polar surface area (TPSA) is 20.3 Å². The first-order valence-corrected chi connectivity index (χ1v) is 6.89. The third kappa shape index (κ3) is 2.44. The third-order valence-corrected chi connectivity index (χ3v) is 5.56. The average molecular weight is 249 g/mol. The largest absolute Gasteiger partial charge is 0.342 e. The van der Waals surface area contributed by atoms with Gasteiger partial charge in [0.15, 0.2) is 0 Å². The number of hydrogen-bond donors (Lipinski definition) is 0. The molecule has 0 bridgehead atoms. The second-order valence-electron chi connectivity index (χ2n) is 3.35. The Labute approximate surface area is 99.2 Å². The van der Waals surface area contributed by atoms with E-state index in [1.54, 1.807) is 11.8 Å². The van der Waals surface area contributed by atoms with Crippen LogP contribution in [-0.4, -0.2) is 37.9 Å². The lowest BCUT2D eigenvalue weighted by Gasteiger charge is -2.28. The molecule has 0 spiro atoms. The number of carbonyl (C=O) groups is 1. The lowest BCUT2D eigenvalue weighted by Crippen LogP contribution is -2.45. The molecule has 0 aromatic rings. The fraction of sp³-hybridized carbons (Fsp3) is 0.778. The molecular formula is C9H15NOS3. The van der Waals surface area contributed by atoms with E-state index >= 15 is 0 Å². The molecule has 0 aromatic carbocycles. The molecule has 1 atom stereocenters. The molecule has 0 saturated carbocycles. The van der Waals surface area contributed by atoms with Gasteiger partial charge in [-0.3, -0.25) is 4.79 Å². The van der Waals surface area contributed by atoms with Gasteiger partial charge in [-0.2, -0.15) is 0 Å². The number of thiocarbonyl (C=S) groups is 1. The normalized spacial score (nSPS) is 26.6. The first kappa shape index (κ1) is 12.3. The van der Waals surface area contributed by atoms with Gasteiger partial charge in [0.2, 0.25) is 5.91 Å². The van der Waals surface area contributed by atoms with Crippen molar-refractivity contribution in [2.24, 2.45) is 0 Å². The van der Waals surface area contributed by atoms with Crippen molar-refractivity contribution < 1.29 is 4.79 Å². The Morgan fingerprint density at radius 2 is 2.14 bits per heavy atom. The van der Waals surface area contributed by atoms with E-state index in [0.717, 1.165) is 22.4 Å². The molecule has 1 saturated heterocycles. The minimum atomic E-state index is -0.326. The second-order valence-corrected chi connectivity index (χ2v) is 7.03. The molecule has 0 N–H and O–H groups in total. The van der Waals surface area contributed by atoms with Gasteiger partial charge in [0.05, 0.1) is 0 Å². The highest BCUT2D eigenvalue weighted by atomic mass is 32.2. The summed E-state index contributed by atoms with van der Waals surface area (Å²) >= 11 is 8.26. The molecule has 1 unspecified atom stereocenters. The monoisotopic (exact) mass is 249 g/mol. The van der Waals surface area contributed by atoms with E-state index in [9.17, 15) is 4.79 Å². The van der Waals surface area contributed by atoms with Crippen molar-refractivity contribution in [3.63, 3.8) is 0 Å². The zero-order valence-electron chi connectivity index (χ0n) is 8.70. The molecule has 0 aliphatic carbocycles. The summed E-state index contributed by atoms with van der Waals surface area (Å²) in [7, 11) is 0. The molecule has 14 heavy (non-hydrogen) atoms. The number of hydrogen-bond acceptors (Lipinski definition) is 4. The van der Waals surface area contributed by atoms with Crippen LogP contribution in [0.4, 0.5) is 0 Å². The molecule has 0 aromatic heterocycles. The average Bonchev–Trinajstić information content (AvgIpc) is 2.49. The highest BCUT2D eigenvalue weighted by molar-refractivity contribution is 8.50. The van der Waals surface area contributed by atoms with Crippen LogP contribution in [-0.2, 0) is 4.79 Å². The Morgan fingerprint density at radius 1 is 1.57 bits per heavy atom. The van der Waals surface area contributed by atoms with E-state index in [2.05, 4.69) is 0 Å². The van der Waals surface area contributed by atoms with Crippen LogP contribution in [0.5, 0.6) is 0 Å². The van der Waals surface area contributed by atoms with Gasteiger partial charge in [0.25, 0.3) is 0 Å². The summed E-state index contributed by atoms with van der Waals surface area (Å²) in [6.07, 6.45) is 0. The summed E-state index contributed by atoms with van der Waals surface area (Å²) < 4.78 is 0.571. The molecular weight excluding hydrogens is 234 g/mol. The number of nitrogens with zero attached hydrogens (tertiary/aromatic N) is 1. The summed E-state index contributed by atoms with van der Waals surface area (Å²) in [5.41, 5.74) is 0. The summed E-state index contributed by atoms with van der Waals surface area (Å²) in [6.45, 7) is 7.57. The Hall–Kier alpha value is 0.260. The van der Waals surface area contributed by atoms with E-state index in [1.165, 1.54) is 11.8 Å². The van der Waals surface area contributed by atoms with Gasteiger partial charge in [-0.05, 0) is 20.8 Å². The van der Waals surface area contributed by atoms with Crippen LogP contribution in [0.3, 0.4) is 0 Å². The highest BCUT2D eigenvalue weighted by Crippen LogP contribution is 2.42. The van der Waals surface area contributed by atoms with E-state index in [-0.39, 0.29) is 10.7 Å². The lowest BCUT2D eigenvalue weighted by molar-refractivity contribution is -0.132. The number of amides is 1. The van der Waals surface area contributed by atoms with Gasteiger partial charge >= 0.3 is 0 Å². The second kappa shape index (κ2) is 4.86.